The van der Waals surface area contributed by atoms with E-state index >= 15 is 0 Å². The molecule has 1 atom stereocenters. The number of hydrogen-bond acceptors (Lipinski definition) is 5. The van der Waals surface area contributed by atoms with Crippen molar-refractivity contribution in [1.82, 2.24) is 20.5 Å². The first-order valence-corrected chi connectivity index (χ1v) is 8.68. The van der Waals surface area contributed by atoms with Crippen molar-refractivity contribution in [3.63, 3.8) is 0 Å². The molecular formula is C15H26N4O2S. The molecule has 1 aromatic rings. The van der Waals surface area contributed by atoms with E-state index in [1.165, 1.54) is 0 Å². The quantitative estimate of drug-likeness (QED) is 0.833. The maximum atomic E-state index is 11.9. The second-order valence-corrected chi connectivity index (χ2v) is 6.85. The predicted molar refractivity (Wildman–Crippen MR) is 88.1 cm³/mol. The highest BCUT2D eigenvalue weighted by molar-refractivity contribution is 7.09. The number of amides is 2. The van der Waals surface area contributed by atoms with E-state index < -0.39 is 0 Å². The van der Waals surface area contributed by atoms with Crippen molar-refractivity contribution in [2.75, 3.05) is 32.8 Å². The molecule has 1 aromatic heterocycles. The molecule has 2 heterocycles. The number of carbonyl (C=O) groups is 1. The fourth-order valence-electron chi connectivity index (χ4n) is 2.60. The largest absolute Gasteiger partial charge is 0.379 e. The number of carbonyl (C=O) groups excluding carboxylic acids is 1. The fraction of sp³-hybridized carbons (Fsp3) is 0.733. The average molecular weight is 326 g/mol. The fourth-order valence-corrected chi connectivity index (χ4v) is 3.31. The zero-order valence-electron chi connectivity index (χ0n) is 13.6. The van der Waals surface area contributed by atoms with Crippen LogP contribution < -0.4 is 10.6 Å². The molecule has 2 rings (SSSR count). The van der Waals surface area contributed by atoms with E-state index in [0.29, 0.717) is 25.0 Å². The first kappa shape index (κ1) is 17.2. The molecule has 0 unspecified atom stereocenters. The van der Waals surface area contributed by atoms with Crippen LogP contribution in [0.25, 0.3) is 0 Å². The summed E-state index contributed by atoms with van der Waals surface area (Å²) in [6.07, 6.45) is 0. The molecule has 0 aliphatic carbocycles. The van der Waals surface area contributed by atoms with E-state index in [1.54, 1.807) is 11.3 Å². The maximum Gasteiger partial charge on any atom is 0.315 e. The Morgan fingerprint density at radius 2 is 2.14 bits per heavy atom. The molecule has 0 spiro atoms. The molecule has 124 valence electrons. The lowest BCUT2D eigenvalue weighted by Crippen LogP contribution is -2.52. The SMILES string of the molecule is Cc1csc(CNC(=O)NC[C@H](C(C)C)N2CCOCC2)n1. The lowest BCUT2D eigenvalue weighted by molar-refractivity contribution is 0.00719. The summed E-state index contributed by atoms with van der Waals surface area (Å²) in [5.74, 6) is 0.486. The molecule has 0 radical (unpaired) electrons. The van der Waals surface area contributed by atoms with Gasteiger partial charge in [0.05, 0.1) is 19.8 Å². The highest BCUT2D eigenvalue weighted by Crippen LogP contribution is 2.12. The van der Waals surface area contributed by atoms with Crippen molar-refractivity contribution in [2.24, 2.45) is 5.92 Å². The van der Waals surface area contributed by atoms with E-state index in [0.717, 1.165) is 37.0 Å². The summed E-state index contributed by atoms with van der Waals surface area (Å²) in [6.45, 7) is 10.9. The standard InChI is InChI=1S/C15H26N4O2S/c1-11(2)13(19-4-6-21-7-5-19)8-16-15(20)17-9-14-18-12(3)10-22-14/h10-11,13H,4-9H2,1-3H3,(H2,16,17,20)/t13-/m1/s1. The summed E-state index contributed by atoms with van der Waals surface area (Å²) in [4.78, 5) is 18.7. The van der Waals surface area contributed by atoms with Crippen LogP contribution in [0.5, 0.6) is 0 Å². The van der Waals surface area contributed by atoms with Gasteiger partial charge in [-0.25, -0.2) is 9.78 Å². The molecule has 1 aliphatic rings. The number of ether oxygens (including phenoxy) is 1. The number of thiazole rings is 1. The lowest BCUT2D eigenvalue weighted by Gasteiger charge is -2.36. The third-order valence-corrected chi connectivity index (χ3v) is 4.79. The van der Waals surface area contributed by atoms with Crippen LogP contribution in [0.15, 0.2) is 5.38 Å². The van der Waals surface area contributed by atoms with Crippen LogP contribution in [0.1, 0.15) is 24.5 Å². The second kappa shape index (κ2) is 8.45. The van der Waals surface area contributed by atoms with Crippen LogP contribution in [-0.4, -0.2) is 54.8 Å². The van der Waals surface area contributed by atoms with E-state index in [-0.39, 0.29) is 6.03 Å². The molecule has 22 heavy (non-hydrogen) atoms. The molecule has 2 amide bonds. The van der Waals surface area contributed by atoms with E-state index in [1.807, 2.05) is 12.3 Å². The third kappa shape index (κ3) is 5.23. The molecule has 1 fully saturated rings. The number of urea groups is 1. The molecule has 1 saturated heterocycles. The van der Waals surface area contributed by atoms with Gasteiger partial charge < -0.3 is 15.4 Å². The summed E-state index contributed by atoms with van der Waals surface area (Å²) in [6, 6.07) is 0.212. The van der Waals surface area contributed by atoms with Crippen LogP contribution in [0, 0.1) is 12.8 Å². The van der Waals surface area contributed by atoms with Crippen LogP contribution in [-0.2, 0) is 11.3 Å². The normalized spacial score (nSPS) is 17.5. The van der Waals surface area contributed by atoms with Crippen LogP contribution in [0.2, 0.25) is 0 Å². The third-order valence-electron chi connectivity index (χ3n) is 3.82. The Hall–Kier alpha value is -1.18. The summed E-state index contributed by atoms with van der Waals surface area (Å²) in [7, 11) is 0. The van der Waals surface area contributed by atoms with E-state index in [2.05, 4.69) is 34.4 Å². The molecule has 1 aliphatic heterocycles. The van der Waals surface area contributed by atoms with Gasteiger partial charge in [-0.05, 0) is 12.8 Å². The minimum atomic E-state index is -0.133. The van der Waals surface area contributed by atoms with Crippen LogP contribution in [0.3, 0.4) is 0 Å². The Kier molecular flexibility index (Phi) is 6.60. The summed E-state index contributed by atoms with van der Waals surface area (Å²) >= 11 is 1.57. The van der Waals surface area contributed by atoms with E-state index in [9.17, 15) is 4.79 Å². The zero-order chi connectivity index (χ0) is 15.9. The van der Waals surface area contributed by atoms with Crippen molar-refractivity contribution in [3.05, 3.63) is 16.1 Å². The van der Waals surface area contributed by atoms with Gasteiger partial charge in [-0.1, -0.05) is 13.8 Å². The first-order chi connectivity index (χ1) is 10.6. The monoisotopic (exact) mass is 326 g/mol. The second-order valence-electron chi connectivity index (χ2n) is 5.91. The first-order valence-electron chi connectivity index (χ1n) is 7.80. The number of rotatable bonds is 6. The minimum Gasteiger partial charge on any atom is -0.379 e. The van der Waals surface area contributed by atoms with Gasteiger partial charge in [0.25, 0.3) is 0 Å². The Balaban J connectivity index is 1.74. The highest BCUT2D eigenvalue weighted by atomic mass is 32.1. The Morgan fingerprint density at radius 1 is 1.41 bits per heavy atom. The van der Waals surface area contributed by atoms with Gasteiger partial charge in [0.15, 0.2) is 0 Å². The topological polar surface area (TPSA) is 66.5 Å². The molecular weight excluding hydrogens is 300 g/mol. The van der Waals surface area contributed by atoms with E-state index in [4.69, 9.17) is 4.74 Å². The van der Waals surface area contributed by atoms with Gasteiger partial charge in [-0.3, -0.25) is 4.90 Å². The molecule has 2 N–H and O–H groups in total. The van der Waals surface area contributed by atoms with Gasteiger partial charge in [0.2, 0.25) is 0 Å². The van der Waals surface area contributed by atoms with Gasteiger partial charge in [0, 0.05) is 36.8 Å². The van der Waals surface area contributed by atoms with Gasteiger partial charge in [-0.15, -0.1) is 11.3 Å². The number of morpholine rings is 1. The van der Waals surface area contributed by atoms with Crippen molar-refractivity contribution in [2.45, 2.75) is 33.4 Å². The van der Waals surface area contributed by atoms with Crippen LogP contribution >= 0.6 is 11.3 Å². The summed E-state index contributed by atoms with van der Waals surface area (Å²) in [5, 5.41) is 8.77. The predicted octanol–water partition coefficient (Wildman–Crippen LogP) is 1.61. The van der Waals surface area contributed by atoms with Crippen molar-refractivity contribution in [3.8, 4) is 0 Å². The molecule has 0 bridgehead atoms. The van der Waals surface area contributed by atoms with Gasteiger partial charge in [-0.2, -0.15) is 0 Å². The van der Waals surface area contributed by atoms with Crippen molar-refractivity contribution < 1.29 is 9.53 Å². The van der Waals surface area contributed by atoms with Gasteiger partial charge >= 0.3 is 6.03 Å². The number of aryl methyl sites for hydroxylation is 1. The lowest BCUT2D eigenvalue weighted by atomic mass is 10.0. The zero-order valence-corrected chi connectivity index (χ0v) is 14.4. The van der Waals surface area contributed by atoms with Crippen molar-refractivity contribution >= 4 is 17.4 Å². The number of aromatic nitrogens is 1. The Bertz CT molecular complexity index is 472. The molecule has 0 aromatic carbocycles. The highest BCUT2D eigenvalue weighted by Gasteiger charge is 2.24. The maximum absolute atomic E-state index is 11.9. The number of nitrogens with zero attached hydrogens (tertiary/aromatic N) is 2. The Morgan fingerprint density at radius 3 is 2.73 bits per heavy atom. The van der Waals surface area contributed by atoms with Crippen LogP contribution in [0.4, 0.5) is 4.79 Å². The van der Waals surface area contributed by atoms with Gasteiger partial charge in [0.1, 0.15) is 5.01 Å². The molecule has 6 nitrogen and oxygen atoms in total. The summed E-state index contributed by atoms with van der Waals surface area (Å²) < 4.78 is 5.40. The molecule has 0 saturated carbocycles. The smallest absolute Gasteiger partial charge is 0.315 e. The number of nitrogens with one attached hydrogen (secondary N) is 2. The number of hydrogen-bond donors (Lipinski definition) is 2. The minimum absolute atomic E-state index is 0.133. The Labute approximate surface area is 136 Å². The van der Waals surface area contributed by atoms with Crippen molar-refractivity contribution in [1.29, 1.82) is 0 Å². The molecule has 7 heteroatoms. The average Bonchev–Trinajstić information content (AvgIpc) is 2.92. The summed E-state index contributed by atoms with van der Waals surface area (Å²) in [5.41, 5.74) is 0.995.